The Bertz CT molecular complexity index is 689. The number of hydrogen-bond acceptors (Lipinski definition) is 5. The van der Waals surface area contributed by atoms with Gasteiger partial charge in [0.15, 0.2) is 5.82 Å². The normalized spacial score (nSPS) is 14.4. The second kappa shape index (κ2) is 7.13. The van der Waals surface area contributed by atoms with Gasteiger partial charge in [0.05, 0.1) is 6.54 Å². The largest absolute Gasteiger partial charge is 0.349 e. The Kier molecular flexibility index (Phi) is 4.94. The monoisotopic (exact) mass is 328 g/mol. The van der Waals surface area contributed by atoms with Crippen LogP contribution in [0.3, 0.4) is 0 Å². The smallest absolute Gasteiger partial charge is 0.251 e. The maximum absolute atomic E-state index is 12.0. The molecule has 24 heavy (non-hydrogen) atoms. The molecule has 3 rings (SSSR count). The molecule has 6 nitrogen and oxygen atoms in total. The molecule has 1 fully saturated rings. The number of amides is 1. The fourth-order valence-electron chi connectivity index (χ4n) is 2.42. The number of carbonyl (C=O) groups excluding carboxylic acids is 1. The first-order chi connectivity index (χ1) is 11.5. The van der Waals surface area contributed by atoms with Crippen molar-refractivity contribution in [3.63, 3.8) is 0 Å². The SMILES string of the molecule is CC(C)c1noc(CN(C)Cc2ccc(C(=O)NC3CC3)cc2)n1. The predicted molar refractivity (Wildman–Crippen MR) is 90.5 cm³/mol. The fourth-order valence-corrected chi connectivity index (χ4v) is 2.42. The summed E-state index contributed by atoms with van der Waals surface area (Å²) in [6, 6.07) is 8.13. The van der Waals surface area contributed by atoms with Gasteiger partial charge in [0.25, 0.3) is 5.91 Å². The predicted octanol–water partition coefficient (Wildman–Crippen LogP) is 2.72. The van der Waals surface area contributed by atoms with E-state index in [-0.39, 0.29) is 11.8 Å². The van der Waals surface area contributed by atoms with E-state index in [0.29, 0.717) is 24.0 Å². The van der Waals surface area contributed by atoms with Crippen LogP contribution in [0.15, 0.2) is 28.8 Å². The van der Waals surface area contributed by atoms with Crippen LogP contribution < -0.4 is 5.32 Å². The molecule has 0 spiro atoms. The van der Waals surface area contributed by atoms with Crippen molar-refractivity contribution in [1.29, 1.82) is 0 Å². The zero-order valence-electron chi connectivity index (χ0n) is 14.5. The van der Waals surface area contributed by atoms with Gasteiger partial charge < -0.3 is 9.84 Å². The van der Waals surface area contributed by atoms with E-state index in [1.807, 2.05) is 45.2 Å². The molecular weight excluding hydrogens is 304 g/mol. The third kappa shape index (κ3) is 4.41. The van der Waals surface area contributed by atoms with Gasteiger partial charge in [0, 0.05) is 24.1 Å². The number of nitrogens with zero attached hydrogens (tertiary/aromatic N) is 3. The van der Waals surface area contributed by atoms with Crippen LogP contribution in [-0.4, -0.2) is 34.0 Å². The first-order valence-corrected chi connectivity index (χ1v) is 8.42. The molecule has 1 saturated carbocycles. The highest BCUT2D eigenvalue weighted by molar-refractivity contribution is 5.94. The molecular formula is C18H24N4O2. The van der Waals surface area contributed by atoms with E-state index in [9.17, 15) is 4.79 Å². The van der Waals surface area contributed by atoms with E-state index in [2.05, 4.69) is 20.4 Å². The number of aromatic nitrogens is 2. The van der Waals surface area contributed by atoms with Gasteiger partial charge in [-0.1, -0.05) is 31.1 Å². The fraction of sp³-hybridized carbons (Fsp3) is 0.500. The average Bonchev–Trinajstić information content (AvgIpc) is 3.23. The van der Waals surface area contributed by atoms with Gasteiger partial charge in [-0.15, -0.1) is 0 Å². The number of rotatable bonds is 7. The molecule has 6 heteroatoms. The summed E-state index contributed by atoms with van der Waals surface area (Å²) in [5.74, 6) is 1.65. The van der Waals surface area contributed by atoms with E-state index < -0.39 is 0 Å². The van der Waals surface area contributed by atoms with Gasteiger partial charge in [-0.25, -0.2) is 0 Å². The molecule has 0 radical (unpaired) electrons. The molecule has 0 atom stereocenters. The van der Waals surface area contributed by atoms with Crippen LogP contribution in [0.1, 0.15) is 60.2 Å². The summed E-state index contributed by atoms with van der Waals surface area (Å²) >= 11 is 0. The molecule has 1 aliphatic rings. The van der Waals surface area contributed by atoms with Crippen LogP contribution in [0.5, 0.6) is 0 Å². The van der Waals surface area contributed by atoms with Gasteiger partial charge >= 0.3 is 0 Å². The standard InChI is InChI=1S/C18H24N4O2/c1-12(2)17-20-16(24-21-17)11-22(3)10-13-4-6-14(7-5-13)18(23)19-15-8-9-15/h4-7,12,15H,8-11H2,1-3H3,(H,19,23). The van der Waals surface area contributed by atoms with Gasteiger partial charge in [-0.05, 0) is 37.6 Å². The van der Waals surface area contributed by atoms with Crippen molar-refractivity contribution in [2.45, 2.75) is 51.7 Å². The summed E-state index contributed by atoms with van der Waals surface area (Å²) in [4.78, 5) is 18.5. The molecule has 0 unspecified atom stereocenters. The van der Waals surface area contributed by atoms with E-state index >= 15 is 0 Å². The van der Waals surface area contributed by atoms with Crippen LogP contribution in [-0.2, 0) is 13.1 Å². The summed E-state index contributed by atoms with van der Waals surface area (Å²) in [5.41, 5.74) is 1.86. The van der Waals surface area contributed by atoms with E-state index in [4.69, 9.17) is 4.52 Å². The van der Waals surface area contributed by atoms with Crippen molar-refractivity contribution >= 4 is 5.91 Å². The number of hydrogen-bond donors (Lipinski definition) is 1. The molecule has 0 saturated heterocycles. The first-order valence-electron chi connectivity index (χ1n) is 8.42. The van der Waals surface area contributed by atoms with Gasteiger partial charge in [0.2, 0.25) is 5.89 Å². The average molecular weight is 328 g/mol. The molecule has 1 amide bonds. The lowest BCUT2D eigenvalue weighted by molar-refractivity contribution is 0.0951. The van der Waals surface area contributed by atoms with Crippen molar-refractivity contribution in [3.8, 4) is 0 Å². The maximum Gasteiger partial charge on any atom is 0.251 e. The van der Waals surface area contributed by atoms with Crippen molar-refractivity contribution in [1.82, 2.24) is 20.4 Å². The molecule has 1 N–H and O–H groups in total. The lowest BCUT2D eigenvalue weighted by atomic mass is 10.1. The second-order valence-corrected chi connectivity index (χ2v) is 6.82. The van der Waals surface area contributed by atoms with E-state index in [0.717, 1.165) is 30.8 Å². The lowest BCUT2D eigenvalue weighted by Crippen LogP contribution is -2.25. The Morgan fingerprint density at radius 3 is 2.58 bits per heavy atom. The molecule has 0 bridgehead atoms. The van der Waals surface area contributed by atoms with E-state index in [1.165, 1.54) is 0 Å². The van der Waals surface area contributed by atoms with Crippen LogP contribution in [0.4, 0.5) is 0 Å². The van der Waals surface area contributed by atoms with Crippen LogP contribution in [0, 0.1) is 0 Å². The number of nitrogens with one attached hydrogen (secondary N) is 1. The van der Waals surface area contributed by atoms with Crippen molar-refractivity contribution in [3.05, 3.63) is 47.1 Å². The first kappa shape index (κ1) is 16.6. The Labute approximate surface area is 142 Å². The summed E-state index contributed by atoms with van der Waals surface area (Å²) in [6.07, 6.45) is 2.20. The number of benzene rings is 1. The Hall–Kier alpha value is -2.21. The minimum atomic E-state index is 0.0180. The molecule has 2 aromatic rings. The maximum atomic E-state index is 12.0. The highest BCUT2D eigenvalue weighted by Gasteiger charge is 2.23. The van der Waals surface area contributed by atoms with Gasteiger partial charge in [-0.2, -0.15) is 4.98 Å². The highest BCUT2D eigenvalue weighted by Crippen LogP contribution is 2.19. The van der Waals surface area contributed by atoms with Gasteiger partial charge in [-0.3, -0.25) is 9.69 Å². The van der Waals surface area contributed by atoms with Crippen molar-refractivity contribution in [2.24, 2.45) is 0 Å². The zero-order chi connectivity index (χ0) is 17.1. The highest BCUT2D eigenvalue weighted by atomic mass is 16.5. The lowest BCUT2D eigenvalue weighted by Gasteiger charge is -2.14. The molecule has 1 aromatic carbocycles. The van der Waals surface area contributed by atoms with Crippen molar-refractivity contribution in [2.75, 3.05) is 7.05 Å². The van der Waals surface area contributed by atoms with E-state index in [1.54, 1.807) is 0 Å². The second-order valence-electron chi connectivity index (χ2n) is 6.82. The zero-order valence-corrected chi connectivity index (χ0v) is 14.5. The third-order valence-corrected chi connectivity index (χ3v) is 3.99. The van der Waals surface area contributed by atoms with Crippen LogP contribution in [0.25, 0.3) is 0 Å². The Balaban J connectivity index is 1.53. The van der Waals surface area contributed by atoms with Crippen LogP contribution in [0.2, 0.25) is 0 Å². The van der Waals surface area contributed by atoms with Crippen LogP contribution >= 0.6 is 0 Å². The minimum absolute atomic E-state index is 0.0180. The Morgan fingerprint density at radius 2 is 2.00 bits per heavy atom. The minimum Gasteiger partial charge on any atom is -0.349 e. The topological polar surface area (TPSA) is 71.3 Å². The number of carbonyl (C=O) groups is 1. The molecule has 128 valence electrons. The molecule has 1 aromatic heterocycles. The Morgan fingerprint density at radius 1 is 1.29 bits per heavy atom. The van der Waals surface area contributed by atoms with Crippen molar-refractivity contribution < 1.29 is 9.32 Å². The summed E-state index contributed by atoms with van der Waals surface area (Å²) in [6.45, 7) is 5.44. The summed E-state index contributed by atoms with van der Waals surface area (Å²) in [7, 11) is 2.01. The summed E-state index contributed by atoms with van der Waals surface area (Å²) < 4.78 is 5.27. The quantitative estimate of drug-likeness (QED) is 0.846. The van der Waals surface area contributed by atoms with Gasteiger partial charge in [0.1, 0.15) is 0 Å². The third-order valence-electron chi connectivity index (χ3n) is 3.99. The molecule has 0 aliphatic heterocycles. The molecule has 1 aliphatic carbocycles. The molecule has 1 heterocycles. The summed E-state index contributed by atoms with van der Waals surface area (Å²) in [5, 5.41) is 6.98.